The van der Waals surface area contributed by atoms with Gasteiger partial charge >= 0.3 is 6.18 Å². The minimum atomic E-state index is -4.43. The molecule has 4 aromatic rings. The maximum absolute atomic E-state index is 13.0. The number of fused-ring (bicyclic) bond motifs is 1. The average molecular weight is 419 g/mol. The first-order valence-electron chi connectivity index (χ1n) is 9.32. The van der Waals surface area contributed by atoms with E-state index < -0.39 is 11.7 Å². The summed E-state index contributed by atoms with van der Waals surface area (Å²) in [6.07, 6.45) is 0.778. The van der Waals surface area contributed by atoms with Crippen molar-refractivity contribution in [3.8, 4) is 29.4 Å². The summed E-state index contributed by atoms with van der Waals surface area (Å²) in [5, 5.41) is 13.1. The summed E-state index contributed by atoms with van der Waals surface area (Å²) in [7, 11) is 0. The number of rotatable bonds is 5. The Balaban J connectivity index is 1.70. The van der Waals surface area contributed by atoms with Gasteiger partial charge in [0.15, 0.2) is 5.82 Å². The van der Waals surface area contributed by atoms with Gasteiger partial charge in [-0.25, -0.2) is 0 Å². The highest BCUT2D eigenvalue weighted by Crippen LogP contribution is 2.34. The molecular weight excluding hydrogens is 403 g/mol. The molecule has 0 aliphatic carbocycles. The van der Waals surface area contributed by atoms with E-state index in [1.54, 1.807) is 18.2 Å². The highest BCUT2D eigenvalue weighted by Gasteiger charge is 2.30. The Bertz CT molecular complexity index is 1260. The monoisotopic (exact) mass is 419 g/mol. The van der Waals surface area contributed by atoms with E-state index in [-0.39, 0.29) is 12.3 Å². The molecule has 0 fully saturated rings. The summed E-state index contributed by atoms with van der Waals surface area (Å²) in [5.41, 5.74) is 1.01. The van der Waals surface area contributed by atoms with Crippen LogP contribution in [-0.4, -0.2) is 16.8 Å². The molecule has 0 aliphatic rings. The van der Waals surface area contributed by atoms with Gasteiger partial charge in [0, 0.05) is 22.0 Å². The number of terminal acetylenes is 1. The van der Waals surface area contributed by atoms with Crippen LogP contribution in [0.1, 0.15) is 5.56 Å². The number of hydrogen-bond donors (Lipinski definition) is 1. The lowest BCUT2D eigenvalue weighted by atomic mass is 10.0. The lowest BCUT2D eigenvalue weighted by molar-refractivity contribution is -0.137. The van der Waals surface area contributed by atoms with Gasteiger partial charge in [-0.05, 0) is 42.5 Å². The highest BCUT2D eigenvalue weighted by molar-refractivity contribution is 6.00. The molecule has 3 aromatic carbocycles. The van der Waals surface area contributed by atoms with Gasteiger partial charge in [0.05, 0.1) is 5.56 Å². The standard InChI is InChI=1S/C24H16F3N3O/c1-2-14-31-19-12-10-16(11-13-19)22-20-8-3-4-9-21(20)23(30-29-22)28-18-7-5-6-17(15-18)24(25,26)27/h1,3-13,15H,14H2,(H,28,30). The molecule has 0 unspecified atom stereocenters. The lowest BCUT2D eigenvalue weighted by Gasteiger charge is -2.13. The van der Waals surface area contributed by atoms with E-state index in [1.807, 2.05) is 36.4 Å². The molecule has 31 heavy (non-hydrogen) atoms. The molecular formula is C24H16F3N3O. The third-order valence-corrected chi connectivity index (χ3v) is 4.59. The molecule has 0 bridgehead atoms. The molecule has 7 heteroatoms. The molecule has 1 heterocycles. The minimum Gasteiger partial charge on any atom is -0.481 e. The first-order valence-corrected chi connectivity index (χ1v) is 9.32. The number of alkyl halides is 3. The van der Waals surface area contributed by atoms with Crippen LogP contribution in [0, 0.1) is 12.3 Å². The summed E-state index contributed by atoms with van der Waals surface area (Å²) >= 11 is 0. The van der Waals surface area contributed by atoms with Gasteiger partial charge < -0.3 is 10.1 Å². The number of nitrogens with one attached hydrogen (secondary N) is 1. The first kappa shape index (κ1) is 20.2. The maximum atomic E-state index is 13.0. The quantitative estimate of drug-likeness (QED) is 0.399. The Morgan fingerprint density at radius 1 is 0.903 bits per heavy atom. The van der Waals surface area contributed by atoms with E-state index >= 15 is 0 Å². The minimum absolute atomic E-state index is 0.179. The number of aromatic nitrogens is 2. The van der Waals surface area contributed by atoms with Gasteiger partial charge in [0.2, 0.25) is 0 Å². The van der Waals surface area contributed by atoms with E-state index in [0.29, 0.717) is 17.3 Å². The van der Waals surface area contributed by atoms with Gasteiger partial charge in [0.25, 0.3) is 0 Å². The van der Waals surface area contributed by atoms with Crippen LogP contribution >= 0.6 is 0 Å². The van der Waals surface area contributed by atoms with Crippen molar-refractivity contribution >= 4 is 22.3 Å². The third-order valence-electron chi connectivity index (χ3n) is 4.59. The molecule has 0 radical (unpaired) electrons. The zero-order valence-electron chi connectivity index (χ0n) is 16.1. The number of ether oxygens (including phenoxy) is 1. The molecule has 0 saturated heterocycles. The molecule has 0 aliphatic heterocycles. The molecule has 0 amide bonds. The molecule has 1 aromatic heterocycles. The number of anilines is 2. The second-order valence-electron chi connectivity index (χ2n) is 6.66. The number of nitrogens with zero attached hydrogens (tertiary/aromatic N) is 2. The van der Waals surface area contributed by atoms with Crippen LogP contribution in [0.5, 0.6) is 5.75 Å². The topological polar surface area (TPSA) is 47.0 Å². The van der Waals surface area contributed by atoms with Crippen molar-refractivity contribution in [2.75, 3.05) is 11.9 Å². The van der Waals surface area contributed by atoms with Crippen LogP contribution in [0.25, 0.3) is 22.0 Å². The fourth-order valence-corrected chi connectivity index (χ4v) is 3.15. The van der Waals surface area contributed by atoms with Crippen molar-refractivity contribution in [2.24, 2.45) is 0 Å². The fraction of sp³-hybridized carbons (Fsp3) is 0.0833. The van der Waals surface area contributed by atoms with Gasteiger partial charge in [-0.3, -0.25) is 0 Å². The van der Waals surface area contributed by atoms with Crippen molar-refractivity contribution in [1.82, 2.24) is 10.2 Å². The number of halogens is 3. The lowest BCUT2D eigenvalue weighted by Crippen LogP contribution is -2.05. The Hall–Kier alpha value is -4.05. The van der Waals surface area contributed by atoms with Gasteiger partial charge in [-0.2, -0.15) is 13.2 Å². The third kappa shape index (κ3) is 4.43. The Labute approximate surface area is 176 Å². The van der Waals surface area contributed by atoms with E-state index in [2.05, 4.69) is 21.4 Å². The van der Waals surface area contributed by atoms with Crippen LogP contribution in [-0.2, 0) is 6.18 Å². The predicted octanol–water partition coefficient (Wildman–Crippen LogP) is 6.07. The highest BCUT2D eigenvalue weighted by atomic mass is 19.4. The fourth-order valence-electron chi connectivity index (χ4n) is 3.15. The average Bonchev–Trinajstić information content (AvgIpc) is 2.78. The number of benzene rings is 3. The molecule has 154 valence electrons. The van der Waals surface area contributed by atoms with Crippen LogP contribution in [0.3, 0.4) is 0 Å². The first-order chi connectivity index (χ1) is 15.0. The zero-order chi connectivity index (χ0) is 21.8. The summed E-state index contributed by atoms with van der Waals surface area (Å²) in [6.45, 7) is 0.179. The van der Waals surface area contributed by atoms with Crippen molar-refractivity contribution in [1.29, 1.82) is 0 Å². The largest absolute Gasteiger partial charge is 0.481 e. The Morgan fingerprint density at radius 3 is 2.35 bits per heavy atom. The molecule has 0 spiro atoms. The second kappa shape index (κ2) is 8.36. The van der Waals surface area contributed by atoms with Crippen LogP contribution in [0.4, 0.5) is 24.7 Å². The zero-order valence-corrected chi connectivity index (χ0v) is 16.1. The van der Waals surface area contributed by atoms with Crippen LogP contribution in [0.15, 0.2) is 72.8 Å². The van der Waals surface area contributed by atoms with E-state index in [4.69, 9.17) is 11.2 Å². The van der Waals surface area contributed by atoms with E-state index in [0.717, 1.165) is 28.5 Å². The van der Waals surface area contributed by atoms with E-state index in [9.17, 15) is 13.2 Å². The molecule has 4 rings (SSSR count). The van der Waals surface area contributed by atoms with Crippen molar-refractivity contribution in [3.05, 3.63) is 78.4 Å². The van der Waals surface area contributed by atoms with Crippen LogP contribution in [0.2, 0.25) is 0 Å². The molecule has 0 saturated carbocycles. The smallest absolute Gasteiger partial charge is 0.416 e. The molecule has 0 atom stereocenters. The summed E-state index contributed by atoms with van der Waals surface area (Å²) in [4.78, 5) is 0. The second-order valence-corrected chi connectivity index (χ2v) is 6.66. The van der Waals surface area contributed by atoms with Gasteiger partial charge in [-0.15, -0.1) is 16.6 Å². The predicted molar refractivity (Wildman–Crippen MR) is 114 cm³/mol. The maximum Gasteiger partial charge on any atom is 0.416 e. The summed E-state index contributed by atoms with van der Waals surface area (Å²) < 4.78 is 44.5. The van der Waals surface area contributed by atoms with Gasteiger partial charge in [-0.1, -0.05) is 36.3 Å². The van der Waals surface area contributed by atoms with Crippen molar-refractivity contribution in [3.63, 3.8) is 0 Å². The van der Waals surface area contributed by atoms with E-state index in [1.165, 1.54) is 6.07 Å². The van der Waals surface area contributed by atoms with Gasteiger partial charge in [0.1, 0.15) is 18.1 Å². The molecule has 1 N–H and O–H groups in total. The van der Waals surface area contributed by atoms with Crippen molar-refractivity contribution in [2.45, 2.75) is 6.18 Å². The van der Waals surface area contributed by atoms with Crippen LogP contribution < -0.4 is 10.1 Å². The summed E-state index contributed by atoms with van der Waals surface area (Å²) in [6, 6.07) is 19.7. The van der Waals surface area contributed by atoms with Crippen molar-refractivity contribution < 1.29 is 17.9 Å². The molecule has 4 nitrogen and oxygen atoms in total. The number of hydrogen-bond acceptors (Lipinski definition) is 4. The Morgan fingerprint density at radius 2 is 1.65 bits per heavy atom. The summed E-state index contributed by atoms with van der Waals surface area (Å²) in [5.74, 6) is 3.42. The Kier molecular flexibility index (Phi) is 5.46. The SMILES string of the molecule is C#CCOc1ccc(-c2nnc(Nc3cccc(C(F)(F)F)c3)c3ccccc23)cc1. The normalized spacial score (nSPS) is 11.2.